The van der Waals surface area contributed by atoms with Gasteiger partial charge in [-0.1, -0.05) is 25.4 Å². The summed E-state index contributed by atoms with van der Waals surface area (Å²) >= 11 is 6.12. The molecule has 2 rings (SSSR count). The Kier molecular flexibility index (Phi) is 4.59. The molecule has 2 aromatic rings. The molecular formula is C14H16ClN5. The van der Waals surface area contributed by atoms with Crippen molar-refractivity contribution in [3.63, 3.8) is 0 Å². The summed E-state index contributed by atoms with van der Waals surface area (Å²) in [6, 6.07) is 7.22. The van der Waals surface area contributed by atoms with E-state index in [4.69, 9.17) is 16.9 Å². The quantitative estimate of drug-likeness (QED) is 0.918. The summed E-state index contributed by atoms with van der Waals surface area (Å²) in [7, 11) is 0. The minimum absolute atomic E-state index is 0.508. The zero-order chi connectivity index (χ0) is 14.5. The number of hydrogen-bond donors (Lipinski definition) is 1. The second-order valence-electron chi connectivity index (χ2n) is 4.91. The van der Waals surface area contributed by atoms with Gasteiger partial charge in [0.1, 0.15) is 12.2 Å². The first kappa shape index (κ1) is 14.4. The van der Waals surface area contributed by atoms with Gasteiger partial charge in [0.15, 0.2) is 0 Å². The van der Waals surface area contributed by atoms with E-state index in [9.17, 15) is 0 Å². The van der Waals surface area contributed by atoms with Crippen LogP contribution in [-0.2, 0) is 13.1 Å². The number of nitrogens with one attached hydrogen (secondary N) is 1. The normalized spacial score (nSPS) is 10.6. The van der Waals surface area contributed by atoms with E-state index in [1.54, 1.807) is 24.5 Å². The van der Waals surface area contributed by atoms with Gasteiger partial charge in [-0.25, -0.2) is 9.67 Å². The molecule has 0 fully saturated rings. The number of halogens is 1. The fourth-order valence-electron chi connectivity index (χ4n) is 1.83. The van der Waals surface area contributed by atoms with Crippen molar-refractivity contribution < 1.29 is 0 Å². The van der Waals surface area contributed by atoms with E-state index in [1.165, 1.54) is 0 Å². The molecule has 20 heavy (non-hydrogen) atoms. The lowest BCUT2D eigenvalue weighted by Crippen LogP contribution is -2.13. The van der Waals surface area contributed by atoms with Crippen molar-refractivity contribution in [2.24, 2.45) is 5.92 Å². The molecule has 0 aliphatic rings. The lowest BCUT2D eigenvalue weighted by molar-refractivity contribution is 0.468. The number of anilines is 1. The fraction of sp³-hybridized carbons (Fsp3) is 0.357. The van der Waals surface area contributed by atoms with E-state index in [-0.39, 0.29) is 0 Å². The molecule has 1 aromatic heterocycles. The zero-order valence-electron chi connectivity index (χ0n) is 11.5. The maximum Gasteiger partial charge on any atom is 0.146 e. The summed E-state index contributed by atoms with van der Waals surface area (Å²) in [6.07, 6.45) is 1.56. The Labute approximate surface area is 123 Å². The Morgan fingerprint density at radius 3 is 2.90 bits per heavy atom. The number of nitriles is 1. The molecule has 0 saturated heterocycles. The van der Waals surface area contributed by atoms with Crippen LogP contribution in [-0.4, -0.2) is 14.8 Å². The highest BCUT2D eigenvalue weighted by Crippen LogP contribution is 2.23. The van der Waals surface area contributed by atoms with Crippen LogP contribution in [0.3, 0.4) is 0 Å². The van der Waals surface area contributed by atoms with Gasteiger partial charge in [0, 0.05) is 6.54 Å². The first-order valence-corrected chi connectivity index (χ1v) is 6.78. The first-order valence-electron chi connectivity index (χ1n) is 6.40. The summed E-state index contributed by atoms with van der Waals surface area (Å²) in [5.41, 5.74) is 1.33. The maximum atomic E-state index is 8.80. The molecular weight excluding hydrogens is 274 g/mol. The van der Waals surface area contributed by atoms with E-state index in [0.717, 1.165) is 18.1 Å². The minimum atomic E-state index is 0.508. The van der Waals surface area contributed by atoms with Gasteiger partial charge in [0.2, 0.25) is 0 Å². The van der Waals surface area contributed by atoms with Crippen LogP contribution in [0.2, 0.25) is 5.02 Å². The highest BCUT2D eigenvalue weighted by molar-refractivity contribution is 6.33. The lowest BCUT2D eigenvalue weighted by atomic mass is 10.2. The molecule has 0 aliphatic heterocycles. The molecule has 0 unspecified atom stereocenters. The molecule has 6 heteroatoms. The average molecular weight is 290 g/mol. The van der Waals surface area contributed by atoms with E-state index in [1.807, 2.05) is 4.68 Å². The fourth-order valence-corrected chi connectivity index (χ4v) is 2.07. The molecule has 0 saturated carbocycles. The molecule has 1 N–H and O–H groups in total. The summed E-state index contributed by atoms with van der Waals surface area (Å²) in [5.74, 6) is 1.37. The number of benzene rings is 1. The monoisotopic (exact) mass is 289 g/mol. The molecule has 0 spiro atoms. The topological polar surface area (TPSA) is 66.5 Å². The van der Waals surface area contributed by atoms with Gasteiger partial charge in [0.05, 0.1) is 28.9 Å². The van der Waals surface area contributed by atoms with E-state index < -0.39 is 0 Å². The number of rotatable bonds is 5. The van der Waals surface area contributed by atoms with Gasteiger partial charge in [0.25, 0.3) is 0 Å². The molecule has 0 bridgehead atoms. The SMILES string of the molecule is CC(C)Cn1ncnc1CNc1ccc(C#N)cc1Cl. The maximum absolute atomic E-state index is 8.80. The van der Waals surface area contributed by atoms with Gasteiger partial charge in [-0.3, -0.25) is 0 Å². The predicted octanol–water partition coefficient (Wildman–Crippen LogP) is 3.07. The van der Waals surface area contributed by atoms with Crippen molar-refractivity contribution in [3.8, 4) is 6.07 Å². The summed E-state index contributed by atoms with van der Waals surface area (Å²) in [5, 5.41) is 16.8. The standard InChI is InChI=1S/C14H16ClN5/c1-10(2)8-20-14(18-9-19-20)7-17-13-4-3-11(6-16)5-12(13)15/h3-5,9-10,17H,7-8H2,1-2H3. The van der Waals surface area contributed by atoms with Gasteiger partial charge >= 0.3 is 0 Å². The summed E-state index contributed by atoms with van der Waals surface area (Å²) < 4.78 is 1.88. The first-order chi connectivity index (χ1) is 9.60. The summed E-state index contributed by atoms with van der Waals surface area (Å²) in [6.45, 7) is 5.64. The van der Waals surface area contributed by atoms with Crippen LogP contribution < -0.4 is 5.32 Å². The Balaban J connectivity index is 2.06. The average Bonchev–Trinajstić information content (AvgIpc) is 2.83. The van der Waals surface area contributed by atoms with Gasteiger partial charge in [-0.05, 0) is 24.1 Å². The highest BCUT2D eigenvalue weighted by Gasteiger charge is 2.07. The molecule has 104 valence electrons. The Morgan fingerprint density at radius 2 is 2.25 bits per heavy atom. The largest absolute Gasteiger partial charge is 0.377 e. The van der Waals surface area contributed by atoms with Crippen LogP contribution in [0, 0.1) is 17.2 Å². The second-order valence-corrected chi connectivity index (χ2v) is 5.32. The van der Waals surface area contributed by atoms with E-state index >= 15 is 0 Å². The molecule has 0 radical (unpaired) electrons. The lowest BCUT2D eigenvalue weighted by Gasteiger charge is -2.11. The van der Waals surface area contributed by atoms with Crippen molar-refractivity contribution in [2.45, 2.75) is 26.9 Å². The van der Waals surface area contributed by atoms with E-state index in [2.05, 4.69) is 35.3 Å². The third kappa shape index (κ3) is 3.49. The number of nitrogens with zero attached hydrogens (tertiary/aromatic N) is 4. The number of aromatic nitrogens is 3. The number of hydrogen-bond acceptors (Lipinski definition) is 4. The van der Waals surface area contributed by atoms with Crippen molar-refractivity contribution in [1.29, 1.82) is 5.26 Å². The van der Waals surface area contributed by atoms with Crippen LogP contribution in [0.4, 0.5) is 5.69 Å². The summed E-state index contributed by atoms with van der Waals surface area (Å²) in [4.78, 5) is 4.24. The van der Waals surface area contributed by atoms with Crippen LogP contribution in [0.1, 0.15) is 25.2 Å². The Hall–Kier alpha value is -2.06. The van der Waals surface area contributed by atoms with Crippen molar-refractivity contribution in [1.82, 2.24) is 14.8 Å². The van der Waals surface area contributed by atoms with Crippen LogP contribution >= 0.6 is 11.6 Å². The molecule has 0 amide bonds. The van der Waals surface area contributed by atoms with Gasteiger partial charge in [-0.2, -0.15) is 10.4 Å². The Morgan fingerprint density at radius 1 is 1.45 bits per heavy atom. The van der Waals surface area contributed by atoms with E-state index in [0.29, 0.717) is 23.0 Å². The molecule has 1 heterocycles. The van der Waals surface area contributed by atoms with Crippen LogP contribution in [0.15, 0.2) is 24.5 Å². The molecule has 0 aliphatic carbocycles. The smallest absolute Gasteiger partial charge is 0.146 e. The third-order valence-electron chi connectivity index (χ3n) is 2.77. The Bertz CT molecular complexity index is 627. The minimum Gasteiger partial charge on any atom is -0.377 e. The zero-order valence-corrected chi connectivity index (χ0v) is 12.2. The predicted molar refractivity (Wildman–Crippen MR) is 78.4 cm³/mol. The van der Waals surface area contributed by atoms with Crippen LogP contribution in [0.25, 0.3) is 0 Å². The molecule has 0 atom stereocenters. The van der Waals surface area contributed by atoms with Crippen LogP contribution in [0.5, 0.6) is 0 Å². The third-order valence-corrected chi connectivity index (χ3v) is 3.08. The second kappa shape index (κ2) is 6.40. The molecule has 1 aromatic carbocycles. The van der Waals surface area contributed by atoms with Crippen molar-refractivity contribution in [3.05, 3.63) is 40.9 Å². The van der Waals surface area contributed by atoms with Crippen molar-refractivity contribution in [2.75, 3.05) is 5.32 Å². The van der Waals surface area contributed by atoms with Crippen molar-refractivity contribution >= 4 is 17.3 Å². The highest BCUT2D eigenvalue weighted by atomic mass is 35.5. The molecule has 5 nitrogen and oxygen atoms in total. The van der Waals surface area contributed by atoms with Gasteiger partial charge < -0.3 is 5.32 Å². The van der Waals surface area contributed by atoms with Gasteiger partial charge in [-0.15, -0.1) is 0 Å².